The van der Waals surface area contributed by atoms with Gasteiger partial charge in [-0.3, -0.25) is 10.1 Å². The smallest absolute Gasteiger partial charge is 0.186 e. The number of carbonyl (C=O) groups is 1. The van der Waals surface area contributed by atoms with Crippen LogP contribution >= 0.6 is 0 Å². The molecule has 1 aromatic rings. The van der Waals surface area contributed by atoms with Gasteiger partial charge in [-0.2, -0.15) is 0 Å². The number of rotatable bonds is 14. The van der Waals surface area contributed by atoms with Crippen molar-refractivity contribution >= 4 is 5.78 Å². The summed E-state index contributed by atoms with van der Waals surface area (Å²) < 4.78 is 24.3. The number of likely N-dealkylation sites (N-methyl/N-ethyl adjacent to an activating group) is 1. The minimum absolute atomic E-state index is 0.165. The Morgan fingerprint density at radius 1 is 1.14 bits per heavy atom. The second kappa shape index (κ2) is 14.0. The predicted octanol–water partition coefficient (Wildman–Crippen LogP) is -0.190. The molecule has 10 nitrogen and oxygen atoms in total. The Labute approximate surface area is 217 Å². The number of ether oxygens (including phenoxy) is 2. The van der Waals surface area contributed by atoms with Crippen molar-refractivity contribution in [2.24, 2.45) is 11.8 Å². The highest BCUT2D eigenvalue weighted by Crippen LogP contribution is 2.32. The average Bonchev–Trinajstić information content (AvgIpc) is 2.85. The molecule has 1 fully saturated rings. The third-order valence-electron chi connectivity index (χ3n) is 7.00. The van der Waals surface area contributed by atoms with Gasteiger partial charge in [0.25, 0.3) is 0 Å². The third kappa shape index (κ3) is 8.47. The Balaban J connectivity index is 2.11. The van der Waals surface area contributed by atoms with Crippen LogP contribution in [0.25, 0.3) is 0 Å². The topological polar surface area (TPSA) is 169 Å². The van der Waals surface area contributed by atoms with E-state index in [1.807, 2.05) is 13.8 Å². The maximum atomic E-state index is 13.3. The van der Waals surface area contributed by atoms with E-state index in [1.165, 1.54) is 12.1 Å². The Morgan fingerprint density at radius 2 is 1.76 bits per heavy atom. The van der Waals surface area contributed by atoms with Crippen molar-refractivity contribution < 1.29 is 49.3 Å². The molecule has 11 heteroatoms. The van der Waals surface area contributed by atoms with Crippen molar-refractivity contribution in [1.29, 1.82) is 0 Å². The highest BCUT2D eigenvalue weighted by atomic mass is 19.1. The molecule has 37 heavy (non-hydrogen) atoms. The number of carbonyl (C=O) groups excluding carboxylic acids is 1. The van der Waals surface area contributed by atoms with Crippen LogP contribution < -0.4 is 5.32 Å². The standard InChI is InChI=1S/C26H42FNO9/c1-5-28-24(35)20(31)15(13-36-25-23(34)22(33)21(32)19(12-29)37-25)10-18(30)14(2)11-26(3,4)16-6-8-17(27)9-7-16/h6-9,14-15,19-25,28-29,31-35H,5,10-13H2,1-4H3/t14?,15-,19?,20-,21+,22?,23?,24-,25?/m0/s1. The lowest BCUT2D eigenvalue weighted by molar-refractivity contribution is -0.304. The third-order valence-corrected chi connectivity index (χ3v) is 7.00. The molecule has 1 aliphatic heterocycles. The molecule has 0 bridgehead atoms. The Hall–Kier alpha value is -1.54. The second-order valence-corrected chi connectivity index (χ2v) is 10.5. The van der Waals surface area contributed by atoms with Gasteiger partial charge in [-0.05, 0) is 36.1 Å². The van der Waals surface area contributed by atoms with Crippen LogP contribution in [0.3, 0.4) is 0 Å². The van der Waals surface area contributed by atoms with Crippen LogP contribution in [0, 0.1) is 17.7 Å². The van der Waals surface area contributed by atoms with Gasteiger partial charge in [-0.25, -0.2) is 4.39 Å². The number of hydrogen-bond acceptors (Lipinski definition) is 10. The van der Waals surface area contributed by atoms with Gasteiger partial charge in [0.2, 0.25) is 0 Å². The van der Waals surface area contributed by atoms with E-state index in [-0.39, 0.29) is 24.6 Å². The second-order valence-electron chi connectivity index (χ2n) is 10.5. The molecule has 0 aliphatic carbocycles. The lowest BCUT2D eigenvalue weighted by Gasteiger charge is -2.40. The van der Waals surface area contributed by atoms with Gasteiger partial charge < -0.3 is 40.1 Å². The van der Waals surface area contributed by atoms with Gasteiger partial charge >= 0.3 is 0 Å². The molecule has 212 valence electrons. The summed E-state index contributed by atoms with van der Waals surface area (Å²) in [5, 5.41) is 63.3. The molecule has 1 heterocycles. The van der Waals surface area contributed by atoms with Crippen molar-refractivity contribution in [2.45, 2.75) is 89.0 Å². The monoisotopic (exact) mass is 531 g/mol. The summed E-state index contributed by atoms with van der Waals surface area (Å²) in [7, 11) is 0. The number of ketones is 1. The minimum atomic E-state index is -1.64. The van der Waals surface area contributed by atoms with Crippen LogP contribution in [-0.2, 0) is 19.7 Å². The fourth-order valence-electron chi connectivity index (χ4n) is 4.65. The zero-order valence-corrected chi connectivity index (χ0v) is 21.8. The predicted molar refractivity (Wildman–Crippen MR) is 132 cm³/mol. The summed E-state index contributed by atoms with van der Waals surface area (Å²) in [6.45, 7) is 6.80. The molecular weight excluding hydrogens is 489 g/mol. The first-order valence-electron chi connectivity index (χ1n) is 12.6. The van der Waals surface area contributed by atoms with Gasteiger partial charge in [0.05, 0.1) is 19.3 Å². The first-order chi connectivity index (χ1) is 17.3. The molecule has 0 aromatic heterocycles. The zero-order valence-electron chi connectivity index (χ0n) is 21.8. The maximum Gasteiger partial charge on any atom is 0.186 e. The van der Waals surface area contributed by atoms with Crippen LogP contribution in [0.4, 0.5) is 4.39 Å². The molecule has 0 saturated carbocycles. The summed E-state index contributed by atoms with van der Waals surface area (Å²) in [4.78, 5) is 13.2. The minimum Gasteiger partial charge on any atom is -0.394 e. The zero-order chi connectivity index (χ0) is 27.9. The van der Waals surface area contributed by atoms with E-state index in [4.69, 9.17) is 9.47 Å². The molecule has 1 aliphatic rings. The molecule has 1 aromatic carbocycles. The Kier molecular flexibility index (Phi) is 12.0. The summed E-state index contributed by atoms with van der Waals surface area (Å²) in [6, 6.07) is 6.10. The molecule has 7 N–H and O–H groups in total. The van der Waals surface area contributed by atoms with Gasteiger partial charge in [0, 0.05) is 18.3 Å². The quantitative estimate of drug-likeness (QED) is 0.160. The van der Waals surface area contributed by atoms with Crippen molar-refractivity contribution in [3.8, 4) is 0 Å². The van der Waals surface area contributed by atoms with Crippen LogP contribution in [0.2, 0.25) is 0 Å². The number of hydrogen-bond donors (Lipinski definition) is 7. The largest absolute Gasteiger partial charge is 0.394 e. The highest BCUT2D eigenvalue weighted by molar-refractivity contribution is 5.81. The van der Waals surface area contributed by atoms with E-state index in [1.54, 1.807) is 26.0 Å². The molecule has 0 radical (unpaired) electrons. The summed E-state index contributed by atoms with van der Waals surface area (Å²) in [6.07, 6.45) is -9.92. The van der Waals surface area contributed by atoms with E-state index >= 15 is 0 Å². The molecule has 0 amide bonds. The van der Waals surface area contributed by atoms with Crippen molar-refractivity contribution in [2.75, 3.05) is 19.8 Å². The fraction of sp³-hybridized carbons (Fsp3) is 0.731. The molecular formula is C26H42FNO9. The lowest BCUT2D eigenvalue weighted by atomic mass is 9.75. The number of aliphatic hydroxyl groups excluding tert-OH is 6. The maximum absolute atomic E-state index is 13.3. The van der Waals surface area contributed by atoms with E-state index in [2.05, 4.69) is 5.32 Å². The molecule has 1 saturated heterocycles. The van der Waals surface area contributed by atoms with Gasteiger partial charge in [-0.15, -0.1) is 0 Å². The number of nitrogens with one attached hydrogen (secondary N) is 1. The SMILES string of the molecule is CCN[C@@H](O)[C@@H](O)[C@H](COC1OC(CO)[C@@H](O)C(O)C1O)CC(=O)C(C)CC(C)(C)c1ccc(F)cc1. The Bertz CT molecular complexity index is 838. The summed E-state index contributed by atoms with van der Waals surface area (Å²) in [5.41, 5.74) is 0.436. The molecule has 0 spiro atoms. The van der Waals surface area contributed by atoms with Crippen molar-refractivity contribution in [3.63, 3.8) is 0 Å². The first kappa shape index (κ1) is 31.7. The van der Waals surface area contributed by atoms with Crippen LogP contribution in [0.15, 0.2) is 24.3 Å². The molecule has 9 atom stereocenters. The summed E-state index contributed by atoms with van der Waals surface area (Å²) >= 11 is 0. The molecule has 5 unspecified atom stereocenters. The van der Waals surface area contributed by atoms with Gasteiger partial charge in [0.1, 0.15) is 42.2 Å². The number of benzene rings is 1. The van der Waals surface area contributed by atoms with Crippen LogP contribution in [0.5, 0.6) is 0 Å². The van der Waals surface area contributed by atoms with Crippen molar-refractivity contribution in [3.05, 3.63) is 35.6 Å². The summed E-state index contributed by atoms with van der Waals surface area (Å²) in [5.74, 6) is -1.90. The fourth-order valence-corrected chi connectivity index (χ4v) is 4.65. The van der Waals surface area contributed by atoms with Gasteiger partial charge in [-0.1, -0.05) is 39.8 Å². The lowest BCUT2D eigenvalue weighted by Crippen LogP contribution is -2.59. The number of Topliss-reactive ketones (excluding diaryl/α,β-unsaturated/α-hetero) is 1. The number of halogens is 1. The normalized spacial score (nSPS) is 27.9. The average molecular weight is 532 g/mol. The van der Waals surface area contributed by atoms with E-state index in [0.717, 1.165) is 5.56 Å². The highest BCUT2D eigenvalue weighted by Gasteiger charge is 2.44. The van der Waals surface area contributed by atoms with E-state index < -0.39 is 66.9 Å². The van der Waals surface area contributed by atoms with Gasteiger partial charge in [0.15, 0.2) is 6.29 Å². The first-order valence-corrected chi connectivity index (χ1v) is 12.6. The number of aliphatic hydroxyl groups is 6. The van der Waals surface area contributed by atoms with E-state index in [9.17, 15) is 39.8 Å². The van der Waals surface area contributed by atoms with Crippen LogP contribution in [-0.4, -0.2) is 99.2 Å². The van der Waals surface area contributed by atoms with Crippen LogP contribution in [0.1, 0.15) is 46.1 Å². The van der Waals surface area contributed by atoms with E-state index in [0.29, 0.717) is 13.0 Å². The Morgan fingerprint density at radius 3 is 2.32 bits per heavy atom. The van der Waals surface area contributed by atoms with Crippen molar-refractivity contribution in [1.82, 2.24) is 5.32 Å². The molecule has 2 rings (SSSR count).